The third kappa shape index (κ3) is 5.32. The molecule has 14 heteroatoms. The minimum absolute atomic E-state index is 0.0126. The summed E-state index contributed by atoms with van der Waals surface area (Å²) in [6.45, 7) is 0.359. The highest BCUT2D eigenvalue weighted by Gasteiger charge is 2.60. The zero-order chi connectivity index (χ0) is 29.0. The van der Waals surface area contributed by atoms with Gasteiger partial charge in [0, 0.05) is 36.6 Å². The van der Waals surface area contributed by atoms with Crippen LogP contribution in [0.2, 0.25) is 5.02 Å². The van der Waals surface area contributed by atoms with Crippen LogP contribution in [0.4, 0.5) is 13.2 Å². The van der Waals surface area contributed by atoms with Crippen LogP contribution in [0.15, 0.2) is 35.5 Å². The Morgan fingerprint density at radius 2 is 2.02 bits per heavy atom. The second-order valence-corrected chi connectivity index (χ2v) is 13.1. The fraction of sp³-hybridized carbons (Fsp3) is 0.500. The molecule has 4 heterocycles. The summed E-state index contributed by atoms with van der Waals surface area (Å²) in [5.74, 6) is -7.37. The van der Waals surface area contributed by atoms with E-state index in [1.165, 1.54) is 6.07 Å². The summed E-state index contributed by atoms with van der Waals surface area (Å²) in [4.78, 5) is 43.6. The van der Waals surface area contributed by atoms with Gasteiger partial charge in [0.05, 0.1) is 22.5 Å². The molecule has 0 spiro atoms. The summed E-state index contributed by atoms with van der Waals surface area (Å²) in [7, 11) is -4.27. The number of fused-ring (bicyclic) bond motifs is 4. The first-order chi connectivity index (χ1) is 18.8. The predicted molar refractivity (Wildman–Crippen MR) is 141 cm³/mol. The topological polar surface area (TPSA) is 128 Å². The van der Waals surface area contributed by atoms with Crippen LogP contribution in [-0.2, 0) is 19.4 Å². The molecule has 5 atom stereocenters. The molecule has 216 valence electrons. The van der Waals surface area contributed by atoms with Crippen LogP contribution in [0, 0.1) is 11.8 Å². The highest BCUT2D eigenvalue weighted by atomic mass is 35.5. The molecule has 0 unspecified atom stereocenters. The van der Waals surface area contributed by atoms with E-state index in [0.29, 0.717) is 41.2 Å². The van der Waals surface area contributed by atoms with E-state index in [2.05, 4.69) is 15.6 Å². The molecule has 9 nitrogen and oxygen atoms in total. The number of hydrogen-bond donors (Lipinski definition) is 3. The first kappa shape index (κ1) is 28.5. The zero-order valence-electron chi connectivity index (χ0n) is 21.4. The van der Waals surface area contributed by atoms with E-state index in [-0.39, 0.29) is 30.9 Å². The van der Waals surface area contributed by atoms with E-state index < -0.39 is 69.1 Å². The number of amides is 3. The molecule has 3 N–H and O–H groups in total. The van der Waals surface area contributed by atoms with Crippen molar-refractivity contribution in [3.8, 4) is 0 Å². The lowest BCUT2D eigenvalue weighted by atomic mass is 9.71. The van der Waals surface area contributed by atoms with E-state index in [9.17, 15) is 27.2 Å². The molecule has 1 aromatic carbocycles. The van der Waals surface area contributed by atoms with Gasteiger partial charge in [0.15, 0.2) is 0 Å². The van der Waals surface area contributed by atoms with Gasteiger partial charge in [-0.3, -0.25) is 14.4 Å². The Bertz CT molecular complexity index is 1510. The second kappa shape index (κ2) is 10.4. The van der Waals surface area contributed by atoms with Crippen molar-refractivity contribution in [2.75, 3.05) is 12.8 Å². The highest BCUT2D eigenvalue weighted by Crippen LogP contribution is 2.49. The number of nitrogens with one attached hydrogen (secondary N) is 3. The summed E-state index contributed by atoms with van der Waals surface area (Å²) in [6, 6.07) is 2.74. The number of nitrogens with zero attached hydrogens (tertiary/aromatic N) is 1. The monoisotopic (exact) mass is 600 g/mol. The molecule has 3 aliphatic heterocycles. The number of para-hydroxylation sites is 1. The van der Waals surface area contributed by atoms with Gasteiger partial charge in [-0.1, -0.05) is 23.7 Å². The van der Waals surface area contributed by atoms with Crippen molar-refractivity contribution in [3.05, 3.63) is 46.2 Å². The summed E-state index contributed by atoms with van der Waals surface area (Å²) in [5.41, 5.74) is 0.552. The van der Waals surface area contributed by atoms with Crippen LogP contribution >= 0.6 is 11.6 Å². The van der Waals surface area contributed by atoms with Crippen molar-refractivity contribution < 1.29 is 36.0 Å². The van der Waals surface area contributed by atoms with Crippen molar-refractivity contribution in [1.82, 2.24) is 20.5 Å². The molecule has 4 aliphatic rings. The van der Waals surface area contributed by atoms with E-state index in [0.717, 1.165) is 4.90 Å². The van der Waals surface area contributed by atoms with Crippen LogP contribution < -0.4 is 10.6 Å². The molecular weight excluding hydrogens is 573 g/mol. The molecule has 1 aromatic heterocycles. The largest absolute Gasteiger partial charge is 0.356 e. The number of alkyl halides is 2. The third-order valence-electron chi connectivity index (χ3n) is 7.99. The van der Waals surface area contributed by atoms with Gasteiger partial charge in [-0.2, -0.15) is 4.39 Å². The standard InChI is InChI=1S/C26H28ClF3N4O5S/c1-40(38,39)20(28)11-15(9-14-7-8-31-23(14)35)32-24(36)22-17-6-5-16(12-26(17,29)30)34(22)25(37)19-10-13-3-2-4-18(27)21(13)33-19/h2-4,10-11,14-17,22,33H,5-9,12H2,1H3,(H,31,35)(H,32,36)/b20-11-/t14-,15-,16+,17+,22+/m1/s1. The van der Waals surface area contributed by atoms with E-state index in [1.807, 2.05) is 0 Å². The number of halogens is 4. The minimum atomic E-state index is -4.27. The molecule has 6 rings (SSSR count). The SMILES string of the molecule is CS(=O)(=O)/C(F)=C\[C@@H](C[C@H]1CCNC1=O)NC(=O)[C@@H]1[C@@H]2CC[C@@H](CC2(F)F)N1C(=O)c1cc2cccc(Cl)c2[nH]1. The number of rotatable bonds is 7. The van der Waals surface area contributed by atoms with E-state index in [4.69, 9.17) is 11.6 Å². The number of aromatic nitrogens is 1. The Morgan fingerprint density at radius 3 is 2.65 bits per heavy atom. The van der Waals surface area contributed by atoms with Crippen LogP contribution in [0.25, 0.3) is 10.9 Å². The highest BCUT2D eigenvalue weighted by molar-refractivity contribution is 7.94. The minimum Gasteiger partial charge on any atom is -0.356 e. The molecular formula is C26H28ClF3N4O5S. The zero-order valence-corrected chi connectivity index (χ0v) is 23.0. The quantitative estimate of drug-likeness (QED) is 0.449. The lowest BCUT2D eigenvalue weighted by molar-refractivity contribution is -0.179. The Hall–Kier alpha value is -3.06. The van der Waals surface area contributed by atoms with Crippen molar-refractivity contribution in [2.45, 2.75) is 56.2 Å². The van der Waals surface area contributed by atoms with Crippen molar-refractivity contribution in [1.29, 1.82) is 0 Å². The fourth-order valence-electron chi connectivity index (χ4n) is 6.07. The second-order valence-electron chi connectivity index (χ2n) is 10.7. The van der Waals surface area contributed by atoms with Gasteiger partial charge < -0.3 is 20.5 Å². The van der Waals surface area contributed by atoms with Crippen LogP contribution in [-0.4, -0.2) is 72.9 Å². The van der Waals surface area contributed by atoms with Crippen LogP contribution in [0.1, 0.15) is 42.6 Å². The Morgan fingerprint density at radius 1 is 1.27 bits per heavy atom. The molecule has 40 heavy (non-hydrogen) atoms. The molecule has 2 bridgehead atoms. The third-order valence-corrected chi connectivity index (χ3v) is 9.15. The number of carbonyl (C=O) groups excluding carboxylic acids is 3. The summed E-state index contributed by atoms with van der Waals surface area (Å²) in [5, 5.41) is 4.55. The predicted octanol–water partition coefficient (Wildman–Crippen LogP) is 3.32. The normalized spacial score (nSPS) is 27.1. The number of piperidine rings is 2. The molecule has 1 saturated carbocycles. The lowest BCUT2D eigenvalue weighted by Gasteiger charge is -2.53. The van der Waals surface area contributed by atoms with Crippen molar-refractivity contribution >= 4 is 50.1 Å². The van der Waals surface area contributed by atoms with Gasteiger partial charge in [-0.05, 0) is 43.9 Å². The number of sulfone groups is 1. The number of H-pyrrole nitrogens is 1. The number of carbonyl (C=O) groups is 3. The van der Waals surface area contributed by atoms with Gasteiger partial charge >= 0.3 is 0 Å². The fourth-order valence-corrected chi connectivity index (χ4v) is 6.71. The number of aromatic amines is 1. The van der Waals surface area contributed by atoms with Gasteiger partial charge in [0.2, 0.25) is 26.8 Å². The summed E-state index contributed by atoms with van der Waals surface area (Å²) in [6.07, 6.45) is 1.19. The average Bonchev–Trinajstić information content (AvgIpc) is 3.49. The Balaban J connectivity index is 1.48. The first-order valence-corrected chi connectivity index (χ1v) is 15.2. The maximum Gasteiger partial charge on any atom is 0.271 e. The smallest absolute Gasteiger partial charge is 0.271 e. The molecule has 2 aromatic rings. The maximum absolute atomic E-state index is 15.1. The van der Waals surface area contributed by atoms with E-state index in [1.54, 1.807) is 18.2 Å². The van der Waals surface area contributed by atoms with Crippen LogP contribution in [0.5, 0.6) is 0 Å². The van der Waals surface area contributed by atoms with E-state index >= 15 is 8.78 Å². The summed E-state index contributed by atoms with van der Waals surface area (Å²) >= 11 is 6.22. The average molecular weight is 601 g/mol. The molecule has 1 aliphatic carbocycles. The maximum atomic E-state index is 15.1. The Labute approximate surface area is 233 Å². The molecule has 4 fully saturated rings. The van der Waals surface area contributed by atoms with Gasteiger partial charge in [-0.15, -0.1) is 0 Å². The van der Waals surface area contributed by atoms with Gasteiger partial charge in [0.1, 0.15) is 11.7 Å². The number of benzene rings is 1. The molecule has 3 saturated heterocycles. The van der Waals surface area contributed by atoms with Gasteiger partial charge in [-0.25, -0.2) is 17.2 Å². The lowest BCUT2D eigenvalue weighted by Crippen LogP contribution is -2.68. The van der Waals surface area contributed by atoms with Gasteiger partial charge in [0.25, 0.3) is 11.8 Å². The van der Waals surface area contributed by atoms with Crippen molar-refractivity contribution in [3.63, 3.8) is 0 Å². The first-order valence-electron chi connectivity index (χ1n) is 12.9. The van der Waals surface area contributed by atoms with Crippen LogP contribution in [0.3, 0.4) is 0 Å². The summed E-state index contributed by atoms with van der Waals surface area (Å²) < 4.78 is 68.2. The molecule has 3 amide bonds. The number of hydrogen-bond acceptors (Lipinski definition) is 5. The molecule has 0 radical (unpaired) electrons. The van der Waals surface area contributed by atoms with Crippen molar-refractivity contribution in [2.24, 2.45) is 11.8 Å². The Kier molecular flexibility index (Phi) is 7.40.